The SMILES string of the molecule is CCCN(CCN(C)C)C(=O)N1C(CC)SCC1C(=O)O. The van der Waals surface area contributed by atoms with Crippen molar-refractivity contribution >= 4 is 23.8 Å². The number of thioether (sulfide) groups is 1. The van der Waals surface area contributed by atoms with E-state index in [1.54, 1.807) is 21.6 Å². The molecular formula is C14H27N3O3S. The first-order valence-corrected chi connectivity index (χ1v) is 8.53. The van der Waals surface area contributed by atoms with Gasteiger partial charge in [0.05, 0.1) is 5.37 Å². The number of urea groups is 1. The van der Waals surface area contributed by atoms with Gasteiger partial charge in [0.25, 0.3) is 0 Å². The molecule has 21 heavy (non-hydrogen) atoms. The van der Waals surface area contributed by atoms with Gasteiger partial charge in [-0.05, 0) is 26.9 Å². The molecule has 0 aliphatic carbocycles. The highest BCUT2D eigenvalue weighted by Gasteiger charge is 2.42. The summed E-state index contributed by atoms with van der Waals surface area (Å²) in [6.45, 7) is 6.09. The Labute approximate surface area is 131 Å². The van der Waals surface area contributed by atoms with E-state index in [1.165, 1.54) is 0 Å². The molecule has 7 heteroatoms. The summed E-state index contributed by atoms with van der Waals surface area (Å²) < 4.78 is 0. The minimum absolute atomic E-state index is 0.0303. The fourth-order valence-corrected chi connectivity index (χ4v) is 3.72. The fraction of sp³-hybridized carbons (Fsp3) is 0.857. The van der Waals surface area contributed by atoms with E-state index in [0.717, 1.165) is 19.4 Å². The summed E-state index contributed by atoms with van der Waals surface area (Å²) in [5.74, 6) is -0.427. The predicted octanol–water partition coefficient (Wildman–Crippen LogP) is 1.62. The van der Waals surface area contributed by atoms with Crippen molar-refractivity contribution in [3.63, 3.8) is 0 Å². The first-order valence-electron chi connectivity index (χ1n) is 7.48. The van der Waals surface area contributed by atoms with Gasteiger partial charge < -0.3 is 14.9 Å². The normalized spacial score (nSPS) is 21.9. The summed E-state index contributed by atoms with van der Waals surface area (Å²) in [4.78, 5) is 29.6. The largest absolute Gasteiger partial charge is 0.480 e. The Kier molecular flexibility index (Phi) is 7.31. The monoisotopic (exact) mass is 317 g/mol. The van der Waals surface area contributed by atoms with Crippen LogP contribution in [-0.2, 0) is 4.79 Å². The molecule has 1 aliphatic heterocycles. The van der Waals surface area contributed by atoms with E-state index in [1.807, 2.05) is 32.8 Å². The van der Waals surface area contributed by atoms with Crippen molar-refractivity contribution in [2.45, 2.75) is 38.1 Å². The molecule has 0 bridgehead atoms. The van der Waals surface area contributed by atoms with Gasteiger partial charge in [0.2, 0.25) is 0 Å². The Morgan fingerprint density at radius 3 is 2.38 bits per heavy atom. The second-order valence-electron chi connectivity index (χ2n) is 5.53. The third-order valence-corrected chi connectivity index (χ3v) is 4.98. The Morgan fingerprint density at radius 1 is 1.24 bits per heavy atom. The molecule has 1 saturated heterocycles. The summed E-state index contributed by atoms with van der Waals surface area (Å²) >= 11 is 1.56. The van der Waals surface area contributed by atoms with Gasteiger partial charge in [-0.2, -0.15) is 0 Å². The molecule has 0 radical (unpaired) electrons. The predicted molar refractivity (Wildman–Crippen MR) is 85.6 cm³/mol. The molecule has 0 saturated carbocycles. The summed E-state index contributed by atoms with van der Waals surface area (Å²) in [5.41, 5.74) is 0. The highest BCUT2D eigenvalue weighted by Crippen LogP contribution is 2.32. The molecule has 1 N–H and O–H groups in total. The Morgan fingerprint density at radius 2 is 1.90 bits per heavy atom. The molecule has 0 aromatic heterocycles. The first kappa shape index (κ1) is 18.1. The van der Waals surface area contributed by atoms with Crippen LogP contribution in [0.4, 0.5) is 4.79 Å². The molecule has 2 unspecified atom stereocenters. The molecular weight excluding hydrogens is 290 g/mol. The van der Waals surface area contributed by atoms with Gasteiger partial charge in [0.1, 0.15) is 6.04 Å². The fourth-order valence-electron chi connectivity index (χ4n) is 2.38. The third-order valence-electron chi connectivity index (χ3n) is 3.53. The van der Waals surface area contributed by atoms with Gasteiger partial charge in [0, 0.05) is 25.4 Å². The molecule has 1 heterocycles. The highest BCUT2D eigenvalue weighted by atomic mass is 32.2. The van der Waals surface area contributed by atoms with E-state index >= 15 is 0 Å². The molecule has 2 amide bonds. The van der Waals surface area contributed by atoms with E-state index in [4.69, 9.17) is 0 Å². The zero-order chi connectivity index (χ0) is 16.0. The lowest BCUT2D eigenvalue weighted by Crippen LogP contribution is -2.52. The van der Waals surface area contributed by atoms with Crippen molar-refractivity contribution < 1.29 is 14.7 Å². The molecule has 1 aliphatic rings. The molecule has 0 aromatic carbocycles. The number of nitrogens with zero attached hydrogens (tertiary/aromatic N) is 3. The minimum Gasteiger partial charge on any atom is -0.480 e. The maximum atomic E-state index is 12.8. The molecule has 1 fully saturated rings. The van der Waals surface area contributed by atoms with Crippen molar-refractivity contribution in [1.82, 2.24) is 14.7 Å². The van der Waals surface area contributed by atoms with Crippen LogP contribution in [0, 0.1) is 0 Å². The van der Waals surface area contributed by atoms with Gasteiger partial charge in [-0.3, -0.25) is 4.90 Å². The summed E-state index contributed by atoms with van der Waals surface area (Å²) in [7, 11) is 3.93. The van der Waals surface area contributed by atoms with Crippen molar-refractivity contribution in [3.8, 4) is 0 Å². The zero-order valence-corrected chi connectivity index (χ0v) is 14.2. The van der Waals surface area contributed by atoms with Crippen LogP contribution in [0.3, 0.4) is 0 Å². The van der Waals surface area contributed by atoms with Crippen LogP contribution in [-0.4, -0.2) is 82.7 Å². The maximum Gasteiger partial charge on any atom is 0.327 e. The summed E-state index contributed by atoms with van der Waals surface area (Å²) in [6, 6.07) is -0.839. The van der Waals surface area contributed by atoms with Gasteiger partial charge in [-0.15, -0.1) is 11.8 Å². The zero-order valence-electron chi connectivity index (χ0n) is 13.4. The summed E-state index contributed by atoms with van der Waals surface area (Å²) in [5, 5.41) is 9.31. The third kappa shape index (κ3) is 4.78. The molecule has 1 rings (SSSR count). The molecule has 2 atom stereocenters. The molecule has 0 spiro atoms. The highest BCUT2D eigenvalue weighted by molar-refractivity contribution is 8.00. The number of carboxylic acids is 1. The average Bonchev–Trinajstić information content (AvgIpc) is 2.86. The van der Waals surface area contributed by atoms with Crippen LogP contribution in [0.2, 0.25) is 0 Å². The lowest BCUT2D eigenvalue weighted by atomic mass is 10.2. The van der Waals surface area contributed by atoms with Crippen molar-refractivity contribution in [2.75, 3.05) is 39.5 Å². The van der Waals surface area contributed by atoms with E-state index in [2.05, 4.69) is 0 Å². The summed E-state index contributed by atoms with van der Waals surface area (Å²) in [6.07, 6.45) is 1.64. The molecule has 0 aromatic rings. The topological polar surface area (TPSA) is 64.1 Å². The Hall–Kier alpha value is -0.950. The molecule has 122 valence electrons. The smallest absolute Gasteiger partial charge is 0.327 e. The van der Waals surface area contributed by atoms with Gasteiger partial charge in [-0.25, -0.2) is 9.59 Å². The number of amides is 2. The first-order chi connectivity index (χ1) is 9.92. The second-order valence-corrected chi connectivity index (χ2v) is 6.74. The van der Waals surface area contributed by atoms with Gasteiger partial charge in [-0.1, -0.05) is 13.8 Å². The molecule has 6 nitrogen and oxygen atoms in total. The quantitative estimate of drug-likeness (QED) is 0.773. The Balaban J connectivity index is 2.84. The Bertz CT molecular complexity index is 365. The number of carbonyl (C=O) groups excluding carboxylic acids is 1. The number of likely N-dealkylation sites (N-methyl/N-ethyl adjacent to an activating group) is 1. The van der Waals surface area contributed by atoms with Crippen molar-refractivity contribution in [3.05, 3.63) is 0 Å². The number of aliphatic carboxylic acids is 1. The average molecular weight is 317 g/mol. The standard InChI is InChI=1S/C14H27N3O3S/c1-5-7-16(9-8-15(3)4)14(20)17-11(13(18)19)10-21-12(17)6-2/h11-12H,5-10H2,1-4H3,(H,18,19). The lowest BCUT2D eigenvalue weighted by Gasteiger charge is -2.33. The van der Waals surface area contributed by atoms with Crippen LogP contribution >= 0.6 is 11.8 Å². The van der Waals surface area contributed by atoms with E-state index in [-0.39, 0.29) is 11.4 Å². The number of carboxylic acid groups (broad SMARTS) is 1. The van der Waals surface area contributed by atoms with E-state index in [9.17, 15) is 14.7 Å². The number of hydrogen-bond donors (Lipinski definition) is 1. The van der Waals surface area contributed by atoms with Crippen molar-refractivity contribution in [2.24, 2.45) is 0 Å². The second kappa shape index (κ2) is 8.48. The number of hydrogen-bond acceptors (Lipinski definition) is 4. The minimum atomic E-state index is -0.907. The van der Waals surface area contributed by atoms with Crippen LogP contribution in [0.5, 0.6) is 0 Å². The van der Waals surface area contributed by atoms with Crippen LogP contribution in [0.15, 0.2) is 0 Å². The van der Waals surface area contributed by atoms with Crippen molar-refractivity contribution in [1.29, 1.82) is 0 Å². The number of rotatable bonds is 7. The van der Waals surface area contributed by atoms with E-state index in [0.29, 0.717) is 18.8 Å². The maximum absolute atomic E-state index is 12.8. The number of carbonyl (C=O) groups is 2. The lowest BCUT2D eigenvalue weighted by molar-refractivity contribution is -0.141. The van der Waals surface area contributed by atoms with Crippen LogP contribution in [0.1, 0.15) is 26.7 Å². The van der Waals surface area contributed by atoms with Gasteiger partial charge >= 0.3 is 12.0 Å². The van der Waals surface area contributed by atoms with Crippen LogP contribution in [0.25, 0.3) is 0 Å². The van der Waals surface area contributed by atoms with Gasteiger partial charge in [0.15, 0.2) is 0 Å². The van der Waals surface area contributed by atoms with Crippen LogP contribution < -0.4 is 0 Å². The van der Waals surface area contributed by atoms with E-state index < -0.39 is 12.0 Å².